The third-order valence-electron chi connectivity index (χ3n) is 2.98. The molecule has 0 saturated heterocycles. The molecule has 0 atom stereocenters. The molecule has 0 N–H and O–H groups in total. The Morgan fingerprint density at radius 1 is 1.14 bits per heavy atom. The van der Waals surface area contributed by atoms with Crippen LogP contribution in [0.25, 0.3) is 0 Å². The topological polar surface area (TPSA) is 57.2 Å². The van der Waals surface area contributed by atoms with Crippen LogP contribution in [0, 0.1) is 0 Å². The highest BCUT2D eigenvalue weighted by Gasteiger charge is 2.14. The number of methoxy groups -OCH3 is 3. The number of rotatable bonds is 9. The second-order valence-electron chi connectivity index (χ2n) is 4.45. The van der Waals surface area contributed by atoms with E-state index in [0.29, 0.717) is 31.3 Å². The van der Waals surface area contributed by atoms with E-state index in [1.54, 1.807) is 33.3 Å². The maximum Gasteiger partial charge on any atom is 0.248 e. The van der Waals surface area contributed by atoms with Gasteiger partial charge in [-0.25, -0.2) is 0 Å². The predicted octanol–water partition coefficient (Wildman–Crippen LogP) is 1.33. The first-order chi connectivity index (χ1) is 10.1. The highest BCUT2D eigenvalue weighted by atomic mass is 16.5. The lowest BCUT2D eigenvalue weighted by molar-refractivity contribution is -0.135. The van der Waals surface area contributed by atoms with E-state index in [9.17, 15) is 4.79 Å². The fraction of sp³-hybridized carbons (Fsp3) is 0.533. The average Bonchev–Trinajstić information content (AvgIpc) is 2.50. The average molecular weight is 297 g/mol. The summed E-state index contributed by atoms with van der Waals surface area (Å²) in [5, 5.41) is 0. The fourth-order valence-electron chi connectivity index (χ4n) is 1.83. The molecule has 0 aromatic heterocycles. The summed E-state index contributed by atoms with van der Waals surface area (Å²) in [6.45, 7) is 1.33. The van der Waals surface area contributed by atoms with Gasteiger partial charge in [-0.1, -0.05) is 12.1 Å². The number of nitrogens with zero attached hydrogens (tertiary/aromatic N) is 1. The second-order valence-corrected chi connectivity index (χ2v) is 4.45. The summed E-state index contributed by atoms with van der Waals surface area (Å²) in [5.41, 5.74) is 0.879. The van der Waals surface area contributed by atoms with E-state index >= 15 is 0 Å². The van der Waals surface area contributed by atoms with Gasteiger partial charge in [-0.2, -0.15) is 0 Å². The molecule has 6 nitrogen and oxygen atoms in total. The lowest BCUT2D eigenvalue weighted by Crippen LogP contribution is -2.30. The molecule has 118 valence electrons. The fourth-order valence-corrected chi connectivity index (χ4v) is 1.83. The Hall–Kier alpha value is -1.79. The Morgan fingerprint density at radius 3 is 2.52 bits per heavy atom. The number of likely N-dealkylation sites (N-methyl/N-ethyl adjacent to an activating group) is 1. The lowest BCUT2D eigenvalue weighted by Gasteiger charge is -2.20. The first-order valence-electron chi connectivity index (χ1n) is 6.64. The monoisotopic (exact) mass is 297 g/mol. The van der Waals surface area contributed by atoms with Gasteiger partial charge >= 0.3 is 0 Å². The van der Waals surface area contributed by atoms with Crippen molar-refractivity contribution < 1.29 is 23.7 Å². The largest absolute Gasteiger partial charge is 0.493 e. The van der Waals surface area contributed by atoms with E-state index in [-0.39, 0.29) is 12.5 Å². The number of hydrogen-bond donors (Lipinski definition) is 0. The molecule has 0 aliphatic rings. The molecule has 1 rings (SSSR count). The van der Waals surface area contributed by atoms with Gasteiger partial charge in [0.1, 0.15) is 6.61 Å². The van der Waals surface area contributed by atoms with Gasteiger partial charge in [0.15, 0.2) is 11.5 Å². The first-order valence-corrected chi connectivity index (χ1v) is 6.64. The molecular formula is C15H23NO5. The van der Waals surface area contributed by atoms with Crippen molar-refractivity contribution in [3.63, 3.8) is 0 Å². The van der Waals surface area contributed by atoms with Gasteiger partial charge < -0.3 is 23.8 Å². The highest BCUT2D eigenvalue weighted by molar-refractivity contribution is 5.77. The molecule has 0 bridgehead atoms. The molecule has 0 heterocycles. The number of benzene rings is 1. The predicted molar refractivity (Wildman–Crippen MR) is 78.7 cm³/mol. The maximum atomic E-state index is 12.0. The SMILES string of the molecule is COCCOCC(=O)N(C)Cc1cccc(OC)c1OC. The number of carbonyl (C=O) groups is 1. The number of hydrogen-bond acceptors (Lipinski definition) is 5. The van der Waals surface area contributed by atoms with Gasteiger partial charge in [-0.15, -0.1) is 0 Å². The van der Waals surface area contributed by atoms with Crippen molar-refractivity contribution in [3.8, 4) is 11.5 Å². The normalized spacial score (nSPS) is 10.3. The summed E-state index contributed by atoms with van der Waals surface area (Å²) < 4.78 is 20.7. The van der Waals surface area contributed by atoms with Crippen LogP contribution in [-0.2, 0) is 20.8 Å². The summed E-state index contributed by atoms with van der Waals surface area (Å²) >= 11 is 0. The van der Waals surface area contributed by atoms with Crippen LogP contribution in [0.1, 0.15) is 5.56 Å². The Morgan fingerprint density at radius 2 is 1.90 bits per heavy atom. The Balaban J connectivity index is 2.61. The van der Waals surface area contributed by atoms with E-state index in [4.69, 9.17) is 18.9 Å². The minimum Gasteiger partial charge on any atom is -0.493 e. The van der Waals surface area contributed by atoms with E-state index in [1.165, 1.54) is 0 Å². The first kappa shape index (κ1) is 17.3. The van der Waals surface area contributed by atoms with Crippen LogP contribution in [0.4, 0.5) is 0 Å². The van der Waals surface area contributed by atoms with Crippen molar-refractivity contribution in [3.05, 3.63) is 23.8 Å². The molecule has 0 aliphatic carbocycles. The van der Waals surface area contributed by atoms with E-state index in [1.807, 2.05) is 18.2 Å². The van der Waals surface area contributed by atoms with Gasteiger partial charge in [-0.3, -0.25) is 4.79 Å². The van der Waals surface area contributed by atoms with Crippen LogP contribution in [0.15, 0.2) is 18.2 Å². The molecule has 1 amide bonds. The molecule has 6 heteroatoms. The summed E-state index contributed by atoms with van der Waals surface area (Å²) in [6, 6.07) is 5.58. The maximum absolute atomic E-state index is 12.0. The Bertz CT molecular complexity index is 450. The third kappa shape index (κ3) is 5.24. The van der Waals surface area contributed by atoms with Crippen LogP contribution in [-0.4, -0.2) is 59.0 Å². The van der Waals surface area contributed by atoms with Gasteiger partial charge in [0.2, 0.25) is 5.91 Å². The second kappa shape index (κ2) is 9.20. The van der Waals surface area contributed by atoms with Crippen molar-refractivity contribution >= 4 is 5.91 Å². The number of ether oxygens (including phenoxy) is 4. The Labute approximate surface area is 125 Å². The molecule has 21 heavy (non-hydrogen) atoms. The van der Waals surface area contributed by atoms with Gasteiger partial charge in [-0.05, 0) is 6.07 Å². The van der Waals surface area contributed by atoms with Crippen molar-refractivity contribution in [2.24, 2.45) is 0 Å². The van der Waals surface area contributed by atoms with Gasteiger partial charge in [0.05, 0.1) is 27.4 Å². The lowest BCUT2D eigenvalue weighted by atomic mass is 10.1. The van der Waals surface area contributed by atoms with Crippen LogP contribution < -0.4 is 9.47 Å². The molecule has 0 radical (unpaired) electrons. The number of amides is 1. The van der Waals surface area contributed by atoms with Crippen molar-refractivity contribution in [1.82, 2.24) is 4.90 Å². The minimum absolute atomic E-state index is 0.0339. The standard InChI is InChI=1S/C15H23NO5/c1-16(14(17)11-21-9-8-18-2)10-12-6-5-7-13(19-3)15(12)20-4/h5-7H,8-11H2,1-4H3. The van der Waals surface area contributed by atoms with Crippen LogP contribution in [0.3, 0.4) is 0 Å². The van der Waals surface area contributed by atoms with E-state index < -0.39 is 0 Å². The summed E-state index contributed by atoms with van der Waals surface area (Å²) in [5.74, 6) is 1.18. The molecule has 1 aromatic carbocycles. The summed E-state index contributed by atoms with van der Waals surface area (Å²) in [6.07, 6.45) is 0. The van der Waals surface area contributed by atoms with Crippen molar-refractivity contribution in [1.29, 1.82) is 0 Å². The molecule has 0 saturated carbocycles. The zero-order chi connectivity index (χ0) is 15.7. The van der Waals surface area contributed by atoms with Crippen LogP contribution in [0.5, 0.6) is 11.5 Å². The minimum atomic E-state index is -0.101. The molecule has 0 fully saturated rings. The molecule has 1 aromatic rings. The number of para-hydroxylation sites is 1. The summed E-state index contributed by atoms with van der Waals surface area (Å²) in [7, 11) is 6.48. The van der Waals surface area contributed by atoms with Gasteiger partial charge in [0.25, 0.3) is 0 Å². The quantitative estimate of drug-likeness (QED) is 0.644. The van der Waals surface area contributed by atoms with E-state index in [0.717, 1.165) is 5.56 Å². The van der Waals surface area contributed by atoms with Gasteiger partial charge in [0, 0.05) is 26.3 Å². The number of carbonyl (C=O) groups excluding carboxylic acids is 1. The molecule has 0 unspecified atom stereocenters. The third-order valence-corrected chi connectivity index (χ3v) is 2.98. The molecule has 0 aliphatic heterocycles. The zero-order valence-electron chi connectivity index (χ0n) is 13.0. The smallest absolute Gasteiger partial charge is 0.248 e. The van der Waals surface area contributed by atoms with Crippen molar-refractivity contribution in [2.75, 3.05) is 48.2 Å². The zero-order valence-corrected chi connectivity index (χ0v) is 13.0. The molecular weight excluding hydrogens is 274 g/mol. The summed E-state index contributed by atoms with van der Waals surface area (Å²) in [4.78, 5) is 13.5. The van der Waals surface area contributed by atoms with Crippen LogP contribution >= 0.6 is 0 Å². The Kier molecular flexibility index (Phi) is 7.56. The van der Waals surface area contributed by atoms with Crippen LogP contribution in [0.2, 0.25) is 0 Å². The highest BCUT2D eigenvalue weighted by Crippen LogP contribution is 2.31. The molecule has 0 spiro atoms. The van der Waals surface area contributed by atoms with E-state index in [2.05, 4.69) is 0 Å². The van der Waals surface area contributed by atoms with Crippen molar-refractivity contribution in [2.45, 2.75) is 6.54 Å².